The number of hydrogen-bond donors (Lipinski definition) is 0. The fourth-order valence-corrected chi connectivity index (χ4v) is 1.06. The fourth-order valence-electron chi connectivity index (χ4n) is 0.865. The van der Waals surface area contributed by atoms with Crippen molar-refractivity contribution >= 4 is 47.2 Å². The summed E-state index contributed by atoms with van der Waals surface area (Å²) in [5.74, 6) is 0. The van der Waals surface area contributed by atoms with E-state index in [0.29, 0.717) is 0 Å². The van der Waals surface area contributed by atoms with E-state index >= 15 is 0 Å². The van der Waals surface area contributed by atoms with Gasteiger partial charge in [-0.25, -0.2) is 0 Å². The fraction of sp³-hybridized carbons (Fsp3) is 1.00. The van der Waals surface area contributed by atoms with Crippen molar-refractivity contribution in [1.29, 1.82) is 0 Å². The van der Waals surface area contributed by atoms with Crippen LogP contribution in [-0.4, -0.2) is 47.9 Å². The van der Waals surface area contributed by atoms with Gasteiger partial charge in [-0.15, -0.1) is 35.6 Å². The van der Waals surface area contributed by atoms with Gasteiger partial charge in [0.15, 0.2) is 0 Å². The summed E-state index contributed by atoms with van der Waals surface area (Å²) < 4.78 is 0. The van der Waals surface area contributed by atoms with E-state index in [4.69, 9.17) is 34.8 Å². The van der Waals surface area contributed by atoms with E-state index in [0.717, 1.165) is 13.1 Å². The molecule has 0 saturated carbocycles. The second-order valence-corrected chi connectivity index (χ2v) is 3.57. The van der Waals surface area contributed by atoms with Gasteiger partial charge in [-0.05, 0) is 14.1 Å². The predicted molar refractivity (Wildman–Crippen MR) is 58.7 cm³/mol. The molecule has 0 radical (unpaired) electrons. The zero-order valence-electron chi connectivity index (χ0n) is 7.14. The van der Waals surface area contributed by atoms with E-state index < -0.39 is 0 Å². The Morgan fingerprint density at radius 1 is 1.17 bits per heavy atom. The Labute approximate surface area is 95.1 Å². The molecule has 0 atom stereocenters. The lowest BCUT2D eigenvalue weighted by Crippen LogP contribution is -2.28. The third kappa shape index (κ3) is 5.68. The molecule has 1 aliphatic heterocycles. The number of halogens is 4. The van der Waals surface area contributed by atoms with Crippen molar-refractivity contribution in [3.63, 3.8) is 0 Å². The summed E-state index contributed by atoms with van der Waals surface area (Å²) in [5, 5.41) is 0.194. The molecule has 0 spiro atoms. The summed E-state index contributed by atoms with van der Waals surface area (Å²) in [6.07, 6.45) is 0. The molecule has 0 N–H and O–H groups in total. The molecule has 2 nitrogen and oxygen atoms in total. The quantitative estimate of drug-likeness (QED) is 0.484. The Kier molecular flexibility index (Phi) is 11.2. The van der Waals surface area contributed by atoms with Gasteiger partial charge in [-0.3, -0.25) is 9.80 Å². The van der Waals surface area contributed by atoms with Crippen LogP contribution < -0.4 is 0 Å². The molecule has 1 fully saturated rings. The second-order valence-electron chi connectivity index (χ2n) is 2.37. The minimum atomic E-state index is 0. The smallest absolute Gasteiger partial charge is 0.139 e. The van der Waals surface area contributed by atoms with E-state index in [2.05, 4.69) is 9.80 Å². The first kappa shape index (κ1) is 15.5. The van der Waals surface area contributed by atoms with E-state index in [1.54, 1.807) is 0 Å². The molecule has 6 heteroatoms. The number of likely N-dealkylation sites (N-methyl/N-ethyl adjacent to an activating group) is 2. The molecule has 0 aromatic rings. The van der Waals surface area contributed by atoms with Crippen LogP contribution in [0.2, 0.25) is 0 Å². The Morgan fingerprint density at radius 2 is 1.42 bits per heavy atom. The van der Waals surface area contributed by atoms with Gasteiger partial charge in [-0.2, -0.15) is 0 Å². The van der Waals surface area contributed by atoms with Crippen LogP contribution in [0.1, 0.15) is 0 Å². The van der Waals surface area contributed by atoms with Gasteiger partial charge in [0.25, 0.3) is 0 Å². The largest absolute Gasteiger partial charge is 0.277 e. The summed E-state index contributed by atoms with van der Waals surface area (Å²) in [4.78, 5) is 4.23. The Morgan fingerprint density at radius 3 is 1.50 bits per heavy atom. The van der Waals surface area contributed by atoms with Gasteiger partial charge in [0.05, 0.1) is 5.34 Å². The van der Waals surface area contributed by atoms with Crippen molar-refractivity contribution in [2.75, 3.05) is 32.5 Å². The number of rotatable bonds is 0. The lowest BCUT2D eigenvalue weighted by atomic mass is 10.6. The van der Waals surface area contributed by atoms with Crippen molar-refractivity contribution in [2.45, 2.75) is 5.62 Å². The minimum absolute atomic E-state index is 0. The molecule has 0 bridgehead atoms. The molecule has 1 heterocycles. The number of alkyl halides is 3. The number of nitrogens with zero attached hydrogens (tertiary/aromatic N) is 2. The Balaban J connectivity index is 0. The molecule has 1 aliphatic rings. The monoisotopic (exact) mass is 254 g/mol. The van der Waals surface area contributed by atoms with Crippen LogP contribution in [0.3, 0.4) is 0 Å². The first-order valence-corrected chi connectivity index (χ1v) is 4.80. The predicted octanol–water partition coefficient (Wildman–Crippen LogP) is 2.23. The molecule has 12 heavy (non-hydrogen) atoms. The standard InChI is InChI=1S/C5H11ClN2.CH2Cl2.ClH/c1-7-3-4-8(2)5(7)6;2-1-3;/h5H,3-4H2,1-2H3;1H2;1H. The van der Waals surface area contributed by atoms with Gasteiger partial charge >= 0.3 is 0 Å². The zero-order chi connectivity index (χ0) is 8.85. The lowest BCUT2D eigenvalue weighted by Gasteiger charge is -2.16. The van der Waals surface area contributed by atoms with Crippen molar-refractivity contribution < 1.29 is 0 Å². The van der Waals surface area contributed by atoms with Gasteiger partial charge in [0, 0.05) is 13.1 Å². The summed E-state index contributed by atoms with van der Waals surface area (Å²) >= 11 is 15.4. The maximum Gasteiger partial charge on any atom is 0.139 e. The van der Waals surface area contributed by atoms with Gasteiger partial charge in [0.2, 0.25) is 0 Å². The van der Waals surface area contributed by atoms with Crippen LogP contribution in [0.15, 0.2) is 0 Å². The zero-order valence-corrected chi connectivity index (χ0v) is 10.2. The molecule has 76 valence electrons. The topological polar surface area (TPSA) is 6.48 Å². The first-order valence-electron chi connectivity index (χ1n) is 3.30. The van der Waals surface area contributed by atoms with Crippen LogP contribution >= 0.6 is 47.2 Å². The highest BCUT2D eigenvalue weighted by molar-refractivity contribution is 6.40. The van der Waals surface area contributed by atoms with Gasteiger partial charge in [0.1, 0.15) is 5.62 Å². The van der Waals surface area contributed by atoms with Crippen LogP contribution in [0.5, 0.6) is 0 Å². The van der Waals surface area contributed by atoms with Crippen molar-refractivity contribution in [3.05, 3.63) is 0 Å². The molecule has 0 amide bonds. The van der Waals surface area contributed by atoms with E-state index in [1.807, 2.05) is 14.1 Å². The minimum Gasteiger partial charge on any atom is -0.277 e. The maximum absolute atomic E-state index is 5.86. The molecule has 1 saturated heterocycles. The Bertz CT molecular complexity index is 93.5. The molecule has 0 aliphatic carbocycles. The summed E-state index contributed by atoms with van der Waals surface area (Å²) in [6, 6.07) is 0. The summed E-state index contributed by atoms with van der Waals surface area (Å²) in [7, 11) is 4.06. The van der Waals surface area contributed by atoms with Crippen molar-refractivity contribution in [1.82, 2.24) is 9.80 Å². The van der Waals surface area contributed by atoms with Gasteiger partial charge < -0.3 is 0 Å². The highest BCUT2D eigenvalue weighted by atomic mass is 35.5. The van der Waals surface area contributed by atoms with Crippen LogP contribution in [-0.2, 0) is 0 Å². The first-order chi connectivity index (χ1) is 5.13. The highest BCUT2D eigenvalue weighted by Crippen LogP contribution is 2.12. The van der Waals surface area contributed by atoms with Crippen molar-refractivity contribution in [3.8, 4) is 0 Å². The third-order valence-electron chi connectivity index (χ3n) is 1.53. The molecular formula is C6H14Cl4N2. The average molecular weight is 256 g/mol. The van der Waals surface area contributed by atoms with Gasteiger partial charge in [-0.1, -0.05) is 11.6 Å². The normalized spacial score (nSPS) is 19.8. The SMILES string of the molecule is CN1CCN(C)C1Cl.Cl.ClCCl. The second kappa shape index (κ2) is 8.67. The Hall–Kier alpha value is 1.08. The maximum atomic E-state index is 5.86. The third-order valence-corrected chi connectivity index (χ3v) is 2.20. The molecule has 1 rings (SSSR count). The van der Waals surface area contributed by atoms with Crippen LogP contribution in [0.25, 0.3) is 0 Å². The van der Waals surface area contributed by atoms with E-state index in [9.17, 15) is 0 Å². The highest BCUT2D eigenvalue weighted by Gasteiger charge is 2.22. The summed E-state index contributed by atoms with van der Waals surface area (Å²) in [5.41, 5.74) is 0.120. The average Bonchev–Trinajstić information content (AvgIpc) is 2.22. The number of hydrogen-bond acceptors (Lipinski definition) is 2. The van der Waals surface area contributed by atoms with Crippen LogP contribution in [0, 0.1) is 0 Å². The lowest BCUT2D eigenvalue weighted by molar-refractivity contribution is 0.273. The molecular weight excluding hydrogens is 242 g/mol. The molecule has 0 unspecified atom stereocenters. The van der Waals surface area contributed by atoms with E-state index in [-0.39, 0.29) is 23.4 Å². The van der Waals surface area contributed by atoms with Crippen LogP contribution in [0.4, 0.5) is 0 Å². The molecule has 0 aromatic carbocycles. The van der Waals surface area contributed by atoms with E-state index in [1.165, 1.54) is 0 Å². The van der Waals surface area contributed by atoms with Crippen molar-refractivity contribution in [2.24, 2.45) is 0 Å². The molecule has 0 aromatic heterocycles. The summed E-state index contributed by atoms with van der Waals surface area (Å²) in [6.45, 7) is 2.18.